The van der Waals surface area contributed by atoms with Crippen molar-refractivity contribution in [2.24, 2.45) is 5.73 Å². The predicted octanol–water partition coefficient (Wildman–Crippen LogP) is 2.25. The summed E-state index contributed by atoms with van der Waals surface area (Å²) < 4.78 is 5.36. The van der Waals surface area contributed by atoms with E-state index in [2.05, 4.69) is 16.7 Å². The molecule has 1 aromatic carbocycles. The second-order valence-electron chi connectivity index (χ2n) is 6.56. The molecule has 1 aromatic heterocycles. The highest BCUT2D eigenvalue weighted by Crippen LogP contribution is 2.36. The summed E-state index contributed by atoms with van der Waals surface area (Å²) in [6, 6.07) is 4.94. The number of hydrogen-bond donors (Lipinski definition) is 1. The number of nitrogens with zero attached hydrogens (tertiary/aromatic N) is 3. The maximum absolute atomic E-state index is 12.4. The maximum atomic E-state index is 12.4. The van der Waals surface area contributed by atoms with Gasteiger partial charge in [-0.05, 0) is 31.0 Å². The van der Waals surface area contributed by atoms with Crippen LogP contribution in [0, 0.1) is 0 Å². The number of carbonyl (C=O) groups is 2. The van der Waals surface area contributed by atoms with E-state index in [9.17, 15) is 9.59 Å². The van der Waals surface area contributed by atoms with E-state index < -0.39 is 5.54 Å². The molecule has 2 N–H and O–H groups in total. The molecule has 1 aliphatic heterocycles. The molecule has 4 rings (SSSR count). The van der Waals surface area contributed by atoms with Gasteiger partial charge in [0.1, 0.15) is 0 Å². The number of fused-ring (bicyclic) bond motifs is 1. The summed E-state index contributed by atoms with van der Waals surface area (Å²) in [7, 11) is 0. The van der Waals surface area contributed by atoms with E-state index in [1.807, 2.05) is 0 Å². The van der Waals surface area contributed by atoms with E-state index >= 15 is 0 Å². The summed E-state index contributed by atoms with van der Waals surface area (Å²) in [4.78, 5) is 30.3. The molecule has 0 bridgehead atoms. The number of benzene rings is 1. The second kappa shape index (κ2) is 5.63. The average Bonchev–Trinajstić information content (AvgIpc) is 3.32. The van der Waals surface area contributed by atoms with Gasteiger partial charge in [-0.15, -0.1) is 6.58 Å². The third-order valence-electron chi connectivity index (χ3n) is 4.90. The van der Waals surface area contributed by atoms with Crippen molar-refractivity contribution in [1.82, 2.24) is 15.0 Å². The van der Waals surface area contributed by atoms with Crippen LogP contribution in [0.3, 0.4) is 0 Å². The number of aromatic nitrogens is 2. The van der Waals surface area contributed by atoms with Crippen LogP contribution in [-0.2, 0) is 5.54 Å². The first-order chi connectivity index (χ1) is 12.0. The van der Waals surface area contributed by atoms with Gasteiger partial charge in [0, 0.05) is 12.1 Å². The molecule has 7 heteroatoms. The Kier molecular flexibility index (Phi) is 3.54. The zero-order valence-electron chi connectivity index (χ0n) is 13.7. The van der Waals surface area contributed by atoms with Gasteiger partial charge in [0.05, 0.1) is 16.7 Å². The van der Waals surface area contributed by atoms with Gasteiger partial charge in [0.25, 0.3) is 17.7 Å². The van der Waals surface area contributed by atoms with Gasteiger partial charge in [0.2, 0.25) is 0 Å². The molecular weight excluding hydrogens is 320 g/mol. The lowest BCUT2D eigenvalue weighted by Gasteiger charge is -2.17. The molecule has 7 nitrogen and oxygen atoms in total. The van der Waals surface area contributed by atoms with Gasteiger partial charge >= 0.3 is 0 Å². The lowest BCUT2D eigenvalue weighted by Crippen LogP contribution is -2.34. The van der Waals surface area contributed by atoms with Crippen molar-refractivity contribution in [3.63, 3.8) is 0 Å². The van der Waals surface area contributed by atoms with Gasteiger partial charge in [0.15, 0.2) is 5.82 Å². The van der Waals surface area contributed by atoms with E-state index in [1.165, 1.54) is 6.08 Å². The Morgan fingerprint density at radius 1 is 1.24 bits per heavy atom. The van der Waals surface area contributed by atoms with E-state index in [1.54, 1.807) is 18.2 Å². The van der Waals surface area contributed by atoms with E-state index in [-0.39, 0.29) is 18.4 Å². The van der Waals surface area contributed by atoms with Crippen LogP contribution < -0.4 is 5.73 Å². The molecule has 2 aliphatic rings. The Morgan fingerprint density at radius 2 is 1.96 bits per heavy atom. The van der Waals surface area contributed by atoms with Crippen LogP contribution in [0.5, 0.6) is 0 Å². The van der Waals surface area contributed by atoms with Crippen molar-refractivity contribution < 1.29 is 14.1 Å². The fourth-order valence-corrected chi connectivity index (χ4v) is 3.49. The minimum absolute atomic E-state index is 0.183. The lowest BCUT2D eigenvalue weighted by molar-refractivity contribution is 0.0672. The van der Waals surface area contributed by atoms with Gasteiger partial charge in [-0.1, -0.05) is 24.1 Å². The molecule has 128 valence electrons. The maximum Gasteiger partial charge on any atom is 0.261 e. The van der Waals surface area contributed by atoms with Crippen LogP contribution in [-0.4, -0.2) is 33.4 Å². The molecule has 1 aliphatic carbocycles. The fraction of sp³-hybridized carbons (Fsp3) is 0.333. The molecule has 0 spiro atoms. The molecule has 25 heavy (non-hydrogen) atoms. The van der Waals surface area contributed by atoms with E-state index in [4.69, 9.17) is 10.3 Å². The lowest BCUT2D eigenvalue weighted by atomic mass is 9.98. The van der Waals surface area contributed by atoms with E-state index in [0.717, 1.165) is 30.6 Å². The zero-order chi connectivity index (χ0) is 17.6. The van der Waals surface area contributed by atoms with Crippen molar-refractivity contribution in [2.75, 3.05) is 6.54 Å². The zero-order valence-corrected chi connectivity index (χ0v) is 13.7. The van der Waals surface area contributed by atoms with Gasteiger partial charge in [-0.3, -0.25) is 14.5 Å². The Labute approximate surface area is 144 Å². The van der Waals surface area contributed by atoms with Crippen LogP contribution in [0.15, 0.2) is 35.4 Å². The normalized spacial score (nSPS) is 18.7. The standard InChI is InChI=1S/C18H18N4O3/c1-2-9-22-15(23)12-6-5-11(10-13(12)16(22)24)14-20-17(21-25-14)18(19)7-3-4-8-18/h2,5-6,10H,1,3-4,7-9,19H2. The van der Waals surface area contributed by atoms with Gasteiger partial charge in [-0.25, -0.2) is 0 Å². The Balaban J connectivity index is 1.68. The summed E-state index contributed by atoms with van der Waals surface area (Å²) in [5.74, 6) is 0.144. The number of imide groups is 1. The molecule has 1 fully saturated rings. The van der Waals surface area contributed by atoms with Crippen molar-refractivity contribution >= 4 is 11.8 Å². The average molecular weight is 338 g/mol. The summed E-state index contributed by atoms with van der Waals surface area (Å²) in [5, 5.41) is 4.03. The van der Waals surface area contributed by atoms with Gasteiger partial charge in [-0.2, -0.15) is 4.98 Å². The fourth-order valence-electron chi connectivity index (χ4n) is 3.49. The third kappa shape index (κ3) is 2.39. The molecule has 2 amide bonds. The summed E-state index contributed by atoms with van der Waals surface area (Å²) in [6.07, 6.45) is 5.29. The summed E-state index contributed by atoms with van der Waals surface area (Å²) in [6.45, 7) is 3.76. The molecule has 2 aromatic rings. The molecule has 0 saturated heterocycles. The van der Waals surface area contributed by atoms with E-state index in [0.29, 0.717) is 28.4 Å². The number of rotatable bonds is 4. The molecular formula is C18H18N4O3. The van der Waals surface area contributed by atoms with Crippen LogP contribution in [0.25, 0.3) is 11.5 Å². The largest absolute Gasteiger partial charge is 0.334 e. The number of amides is 2. The number of hydrogen-bond acceptors (Lipinski definition) is 6. The third-order valence-corrected chi connectivity index (χ3v) is 4.90. The minimum Gasteiger partial charge on any atom is -0.334 e. The van der Waals surface area contributed by atoms with Gasteiger partial charge < -0.3 is 10.3 Å². The van der Waals surface area contributed by atoms with Crippen molar-refractivity contribution in [3.05, 3.63) is 47.8 Å². The van der Waals surface area contributed by atoms with Crippen LogP contribution >= 0.6 is 0 Å². The van der Waals surface area contributed by atoms with Crippen LogP contribution in [0.4, 0.5) is 0 Å². The van der Waals surface area contributed by atoms with Crippen LogP contribution in [0.2, 0.25) is 0 Å². The molecule has 2 heterocycles. The molecule has 0 unspecified atom stereocenters. The highest BCUT2D eigenvalue weighted by Gasteiger charge is 2.37. The quantitative estimate of drug-likeness (QED) is 0.677. The number of nitrogens with two attached hydrogens (primary N) is 1. The second-order valence-corrected chi connectivity index (χ2v) is 6.56. The van der Waals surface area contributed by atoms with Crippen molar-refractivity contribution in [3.8, 4) is 11.5 Å². The highest BCUT2D eigenvalue weighted by molar-refractivity contribution is 6.21. The summed E-state index contributed by atoms with van der Waals surface area (Å²) >= 11 is 0. The SMILES string of the molecule is C=CCN1C(=O)c2ccc(-c3nc(C4(N)CCCC4)no3)cc2C1=O. The summed E-state index contributed by atoms with van der Waals surface area (Å²) in [5.41, 5.74) is 7.13. The molecule has 0 radical (unpaired) electrons. The first kappa shape index (κ1) is 15.7. The molecule has 0 atom stereocenters. The van der Waals surface area contributed by atoms with Crippen LogP contribution in [0.1, 0.15) is 52.2 Å². The topological polar surface area (TPSA) is 102 Å². The first-order valence-corrected chi connectivity index (χ1v) is 8.28. The smallest absolute Gasteiger partial charge is 0.261 e. The Morgan fingerprint density at radius 3 is 2.68 bits per heavy atom. The monoisotopic (exact) mass is 338 g/mol. The predicted molar refractivity (Wildman–Crippen MR) is 89.6 cm³/mol. The number of carbonyl (C=O) groups excluding carboxylic acids is 2. The minimum atomic E-state index is -0.537. The first-order valence-electron chi connectivity index (χ1n) is 8.28. The highest BCUT2D eigenvalue weighted by atomic mass is 16.5. The van der Waals surface area contributed by atoms with Crippen molar-refractivity contribution in [2.45, 2.75) is 31.2 Å². The Hall–Kier alpha value is -2.80. The molecule has 1 saturated carbocycles. The Bertz CT molecular complexity index is 880. The van der Waals surface area contributed by atoms with Crippen molar-refractivity contribution in [1.29, 1.82) is 0 Å².